The van der Waals surface area contributed by atoms with E-state index in [-0.39, 0.29) is 46.8 Å². The van der Waals surface area contributed by atoms with E-state index < -0.39 is 39.5 Å². The standard InChI is InChI=1S/C19H35NO4Si.C13H26O3Si/c1-11-19(8,14(4)24-25(9,10)18(5,6)7)16(21)20-15(13(2)3)12-23-17(20)22;1-9-13(6,11(14)15)10(2)16-17(7,8)12(3,4)5/h11,13-15H,1,12H2,2-10H3;9-10H,1H2,2-8H3,(H,14,15)/t14?,15-,19?;/m1./s1. The molecule has 1 heterocycles. The van der Waals surface area contributed by atoms with Gasteiger partial charge in [-0.15, -0.1) is 13.2 Å². The molecular weight excluding hydrogens is 567 g/mol. The summed E-state index contributed by atoms with van der Waals surface area (Å²) in [4.78, 5) is 38.0. The highest BCUT2D eigenvalue weighted by atomic mass is 28.4. The zero-order valence-electron chi connectivity index (χ0n) is 29.4. The van der Waals surface area contributed by atoms with Gasteiger partial charge in [0.25, 0.3) is 0 Å². The second-order valence-electron chi connectivity index (χ2n) is 15.4. The number of hydrogen-bond acceptors (Lipinski definition) is 6. The van der Waals surface area contributed by atoms with Gasteiger partial charge in [0, 0.05) is 0 Å². The molecule has 1 saturated heterocycles. The normalized spacial score (nSPS) is 20.8. The molecule has 0 aromatic rings. The van der Waals surface area contributed by atoms with Crippen LogP contribution in [-0.2, 0) is 23.2 Å². The molecule has 1 aliphatic rings. The number of carbonyl (C=O) groups excluding carboxylic acids is 2. The Morgan fingerprint density at radius 3 is 1.50 bits per heavy atom. The Balaban J connectivity index is 0.000000865. The summed E-state index contributed by atoms with van der Waals surface area (Å²) < 4.78 is 17.7. The van der Waals surface area contributed by atoms with E-state index in [0.717, 1.165) is 0 Å². The lowest BCUT2D eigenvalue weighted by molar-refractivity contribution is -0.149. The minimum Gasteiger partial charge on any atom is -0.481 e. The molecule has 42 heavy (non-hydrogen) atoms. The molecule has 1 fully saturated rings. The predicted molar refractivity (Wildman–Crippen MR) is 177 cm³/mol. The largest absolute Gasteiger partial charge is 0.481 e. The van der Waals surface area contributed by atoms with Crippen LogP contribution in [0.15, 0.2) is 25.3 Å². The Morgan fingerprint density at radius 2 is 1.21 bits per heavy atom. The molecule has 10 heteroatoms. The predicted octanol–water partition coefficient (Wildman–Crippen LogP) is 8.27. The summed E-state index contributed by atoms with van der Waals surface area (Å²) in [5.74, 6) is -1.06. The van der Waals surface area contributed by atoms with Gasteiger partial charge in [0.1, 0.15) is 12.0 Å². The number of carbonyl (C=O) groups is 3. The third-order valence-corrected chi connectivity index (χ3v) is 19.0. The first-order valence-electron chi connectivity index (χ1n) is 14.9. The number of imide groups is 1. The first kappa shape index (κ1) is 40.2. The zero-order chi connectivity index (χ0) is 33.9. The van der Waals surface area contributed by atoms with E-state index in [1.807, 2.05) is 27.7 Å². The second kappa shape index (κ2) is 13.9. The van der Waals surface area contributed by atoms with Crippen LogP contribution < -0.4 is 0 Å². The highest BCUT2D eigenvalue weighted by Gasteiger charge is 2.51. The average molecular weight is 628 g/mol. The fourth-order valence-corrected chi connectivity index (χ4v) is 6.72. The van der Waals surface area contributed by atoms with E-state index in [2.05, 4.69) is 80.9 Å². The van der Waals surface area contributed by atoms with Gasteiger partial charge in [0.2, 0.25) is 5.91 Å². The van der Waals surface area contributed by atoms with Crippen LogP contribution in [-0.4, -0.2) is 69.5 Å². The molecule has 0 spiro atoms. The van der Waals surface area contributed by atoms with Gasteiger partial charge >= 0.3 is 12.1 Å². The zero-order valence-corrected chi connectivity index (χ0v) is 31.4. The van der Waals surface area contributed by atoms with Crippen molar-refractivity contribution in [2.45, 2.75) is 138 Å². The molecule has 1 N–H and O–H groups in total. The van der Waals surface area contributed by atoms with Gasteiger partial charge < -0.3 is 18.7 Å². The van der Waals surface area contributed by atoms with Gasteiger partial charge in [-0.2, -0.15) is 0 Å². The molecule has 0 aliphatic carbocycles. The van der Waals surface area contributed by atoms with Crippen molar-refractivity contribution < 1.29 is 33.1 Å². The average Bonchev–Trinajstić information content (AvgIpc) is 3.22. The first-order chi connectivity index (χ1) is 18.6. The van der Waals surface area contributed by atoms with E-state index in [1.54, 1.807) is 19.9 Å². The molecule has 1 aliphatic heterocycles. The fraction of sp³-hybridized carbons (Fsp3) is 0.781. The van der Waals surface area contributed by atoms with Gasteiger partial charge in [-0.1, -0.05) is 67.5 Å². The van der Waals surface area contributed by atoms with Crippen molar-refractivity contribution in [3.63, 3.8) is 0 Å². The molecule has 8 nitrogen and oxygen atoms in total. The summed E-state index contributed by atoms with van der Waals surface area (Å²) in [6.45, 7) is 40.3. The lowest BCUT2D eigenvalue weighted by Gasteiger charge is -2.43. The molecule has 2 amide bonds. The van der Waals surface area contributed by atoms with Gasteiger partial charge in [0.05, 0.1) is 23.7 Å². The third kappa shape index (κ3) is 8.89. The minimum absolute atomic E-state index is 0.0272. The van der Waals surface area contributed by atoms with Crippen LogP contribution >= 0.6 is 0 Å². The molecule has 4 unspecified atom stereocenters. The highest BCUT2D eigenvalue weighted by Crippen LogP contribution is 2.42. The lowest BCUT2D eigenvalue weighted by atomic mass is 9.83. The number of hydrogen-bond donors (Lipinski definition) is 1. The van der Waals surface area contributed by atoms with Gasteiger partial charge in [-0.3, -0.25) is 9.59 Å². The van der Waals surface area contributed by atoms with Crippen molar-refractivity contribution in [1.82, 2.24) is 4.90 Å². The van der Waals surface area contributed by atoms with Crippen LogP contribution in [0.4, 0.5) is 4.79 Å². The molecule has 0 bridgehead atoms. The second-order valence-corrected chi connectivity index (χ2v) is 24.9. The van der Waals surface area contributed by atoms with E-state index in [0.29, 0.717) is 0 Å². The molecule has 0 radical (unpaired) electrons. The van der Waals surface area contributed by atoms with E-state index in [9.17, 15) is 19.5 Å². The Kier molecular flexibility index (Phi) is 13.3. The molecule has 1 rings (SSSR count). The van der Waals surface area contributed by atoms with Crippen molar-refractivity contribution in [2.75, 3.05) is 6.61 Å². The molecular formula is C32H61NO7Si2. The van der Waals surface area contributed by atoms with Crippen LogP contribution in [0.2, 0.25) is 36.3 Å². The molecule has 0 aromatic carbocycles. The maximum absolute atomic E-state index is 13.3. The van der Waals surface area contributed by atoms with Crippen LogP contribution in [0, 0.1) is 16.7 Å². The fourth-order valence-electron chi connectivity index (χ4n) is 3.76. The summed E-state index contributed by atoms with van der Waals surface area (Å²) >= 11 is 0. The number of rotatable bonds is 11. The molecule has 5 atom stereocenters. The number of aliphatic carboxylic acids is 1. The van der Waals surface area contributed by atoms with Gasteiger partial charge in [-0.05, 0) is 69.9 Å². The Bertz CT molecular complexity index is 996. The first-order valence-corrected chi connectivity index (χ1v) is 20.8. The van der Waals surface area contributed by atoms with Gasteiger partial charge in [-0.25, -0.2) is 9.69 Å². The van der Waals surface area contributed by atoms with Crippen molar-refractivity contribution >= 4 is 34.6 Å². The van der Waals surface area contributed by atoms with E-state index in [1.165, 1.54) is 11.0 Å². The van der Waals surface area contributed by atoms with Crippen molar-refractivity contribution in [1.29, 1.82) is 0 Å². The SMILES string of the molecule is C=CC(C)(C(=O)N1C(=O)OC[C@@H]1C(C)C)C(C)O[Si](C)(C)C(C)(C)C.C=CC(C)(C(=O)O)C(C)O[Si](C)(C)C(C)(C)C. The van der Waals surface area contributed by atoms with E-state index in [4.69, 9.17) is 13.6 Å². The quantitative estimate of drug-likeness (QED) is 0.182. The number of carboxylic acids is 1. The summed E-state index contributed by atoms with van der Waals surface area (Å²) in [5.41, 5.74) is -2.03. The van der Waals surface area contributed by atoms with Gasteiger partial charge in [0.15, 0.2) is 16.6 Å². The monoisotopic (exact) mass is 627 g/mol. The maximum Gasteiger partial charge on any atom is 0.417 e. The van der Waals surface area contributed by atoms with Crippen molar-refractivity contribution in [3.05, 3.63) is 25.3 Å². The smallest absolute Gasteiger partial charge is 0.417 e. The third-order valence-electron chi connectivity index (χ3n) is 9.91. The number of amides is 2. The Labute approximate surface area is 258 Å². The lowest BCUT2D eigenvalue weighted by Crippen LogP contribution is -2.55. The van der Waals surface area contributed by atoms with Crippen molar-refractivity contribution in [2.24, 2.45) is 16.7 Å². The van der Waals surface area contributed by atoms with E-state index >= 15 is 0 Å². The molecule has 244 valence electrons. The number of carboxylic acid groups (broad SMARTS) is 1. The topological polar surface area (TPSA) is 102 Å². The maximum atomic E-state index is 13.3. The highest BCUT2D eigenvalue weighted by molar-refractivity contribution is 6.74. The van der Waals surface area contributed by atoms with Crippen molar-refractivity contribution in [3.8, 4) is 0 Å². The van der Waals surface area contributed by atoms with Crippen LogP contribution in [0.3, 0.4) is 0 Å². The summed E-state index contributed by atoms with van der Waals surface area (Å²) in [6.07, 6.45) is 1.73. The number of ether oxygens (including phenoxy) is 1. The molecule has 0 aromatic heterocycles. The number of cyclic esters (lactones) is 1. The van der Waals surface area contributed by atoms with Crippen LogP contribution in [0.25, 0.3) is 0 Å². The Morgan fingerprint density at radius 1 is 0.857 bits per heavy atom. The Hall–Kier alpha value is -1.76. The summed E-state index contributed by atoms with van der Waals surface area (Å²) in [7, 11) is -4.02. The summed E-state index contributed by atoms with van der Waals surface area (Å²) in [5, 5.41) is 9.37. The minimum atomic E-state index is -2.07. The molecule has 0 saturated carbocycles. The number of nitrogens with zero attached hydrogens (tertiary/aromatic N) is 1. The summed E-state index contributed by atoms with van der Waals surface area (Å²) in [6, 6.07) is -0.251. The van der Waals surface area contributed by atoms with Crippen LogP contribution in [0.5, 0.6) is 0 Å². The van der Waals surface area contributed by atoms with Crippen LogP contribution in [0.1, 0.15) is 83.1 Å².